The van der Waals surface area contributed by atoms with Crippen molar-refractivity contribution in [3.8, 4) is 0 Å². The summed E-state index contributed by atoms with van der Waals surface area (Å²) in [6, 6.07) is 3.18. The van der Waals surface area contributed by atoms with Gasteiger partial charge in [-0.3, -0.25) is 14.2 Å². The van der Waals surface area contributed by atoms with E-state index in [0.29, 0.717) is 11.5 Å². The van der Waals surface area contributed by atoms with Crippen molar-refractivity contribution in [3.05, 3.63) is 45.7 Å². The average Bonchev–Trinajstić information content (AvgIpc) is 3.24. The van der Waals surface area contributed by atoms with Crippen LogP contribution in [0.1, 0.15) is 36.2 Å². The summed E-state index contributed by atoms with van der Waals surface area (Å²) < 4.78 is 1.62. The molecule has 5 rings (SSSR count). The maximum atomic E-state index is 13.2. The first kappa shape index (κ1) is 14.9. The van der Waals surface area contributed by atoms with Crippen molar-refractivity contribution in [2.24, 2.45) is 11.8 Å². The van der Waals surface area contributed by atoms with E-state index >= 15 is 0 Å². The van der Waals surface area contributed by atoms with Crippen LogP contribution in [0.25, 0.3) is 0 Å². The molecule has 128 valence electrons. The minimum Gasteiger partial charge on any atom is -0.336 e. The lowest BCUT2D eigenvalue weighted by atomic mass is 9.98. The van der Waals surface area contributed by atoms with Crippen LogP contribution in [0, 0.1) is 11.8 Å². The van der Waals surface area contributed by atoms with Gasteiger partial charge in [-0.2, -0.15) is 0 Å². The van der Waals surface area contributed by atoms with Gasteiger partial charge < -0.3 is 10.6 Å². The summed E-state index contributed by atoms with van der Waals surface area (Å²) in [4.78, 5) is 33.8. The van der Waals surface area contributed by atoms with E-state index in [1.54, 1.807) is 16.8 Å². The Balaban J connectivity index is 1.70. The zero-order valence-corrected chi connectivity index (χ0v) is 14.1. The van der Waals surface area contributed by atoms with E-state index in [1.807, 2.05) is 0 Å². The van der Waals surface area contributed by atoms with Crippen molar-refractivity contribution in [2.45, 2.75) is 31.3 Å². The molecule has 25 heavy (non-hydrogen) atoms. The second-order valence-electron chi connectivity index (χ2n) is 6.94. The van der Waals surface area contributed by atoms with E-state index < -0.39 is 5.66 Å². The van der Waals surface area contributed by atoms with Crippen molar-refractivity contribution in [1.82, 2.24) is 19.9 Å². The predicted octanol–water partition coefficient (Wildman–Crippen LogP) is 2.25. The Bertz CT molecular complexity index is 922. The third-order valence-electron chi connectivity index (χ3n) is 5.87. The molecule has 1 amide bonds. The van der Waals surface area contributed by atoms with Crippen molar-refractivity contribution < 1.29 is 4.79 Å². The van der Waals surface area contributed by atoms with Crippen LogP contribution in [0.3, 0.4) is 0 Å². The van der Waals surface area contributed by atoms with Gasteiger partial charge in [0.25, 0.3) is 11.5 Å². The molecule has 1 spiro atoms. The summed E-state index contributed by atoms with van der Waals surface area (Å²) in [7, 11) is 0. The summed E-state index contributed by atoms with van der Waals surface area (Å²) in [6.45, 7) is 0. The number of hydrogen-bond acceptors (Lipinski definition) is 5. The van der Waals surface area contributed by atoms with Gasteiger partial charge in [-0.05, 0) is 37.8 Å². The van der Waals surface area contributed by atoms with E-state index in [0.717, 1.165) is 25.7 Å². The van der Waals surface area contributed by atoms with Crippen LogP contribution in [0.2, 0.25) is 5.02 Å². The van der Waals surface area contributed by atoms with Gasteiger partial charge in [-0.15, -0.1) is 0 Å². The molecule has 0 radical (unpaired) electrons. The Hall–Kier alpha value is -2.41. The maximum Gasteiger partial charge on any atom is 0.276 e. The SMILES string of the molecule is O=C1NC2(C3CCC2CC3)n2c1c(Cl)cc(Nc1ccncn1)c2=O. The fourth-order valence-corrected chi connectivity index (χ4v) is 5.19. The Labute approximate surface area is 148 Å². The van der Waals surface area contributed by atoms with Crippen molar-refractivity contribution in [3.63, 3.8) is 0 Å². The van der Waals surface area contributed by atoms with E-state index in [2.05, 4.69) is 20.6 Å². The lowest BCUT2D eigenvalue weighted by Gasteiger charge is -2.32. The van der Waals surface area contributed by atoms with Crippen molar-refractivity contribution >= 4 is 29.0 Å². The number of carbonyl (C=O) groups is 1. The zero-order valence-electron chi connectivity index (χ0n) is 13.3. The lowest BCUT2D eigenvalue weighted by Crippen LogP contribution is -2.51. The summed E-state index contributed by atoms with van der Waals surface area (Å²) in [5.41, 5.74) is -0.264. The number of carbonyl (C=O) groups excluding carboxylic acids is 1. The Morgan fingerprint density at radius 3 is 2.60 bits per heavy atom. The van der Waals surface area contributed by atoms with Crippen LogP contribution in [-0.2, 0) is 5.66 Å². The van der Waals surface area contributed by atoms with Crippen molar-refractivity contribution in [2.75, 3.05) is 5.32 Å². The molecule has 0 atom stereocenters. The van der Waals surface area contributed by atoms with Crippen LogP contribution in [0.15, 0.2) is 29.5 Å². The molecule has 2 aromatic heterocycles. The number of aromatic nitrogens is 3. The van der Waals surface area contributed by atoms with Crippen LogP contribution in [-0.4, -0.2) is 20.4 Å². The van der Waals surface area contributed by atoms with Crippen molar-refractivity contribution in [1.29, 1.82) is 0 Å². The maximum absolute atomic E-state index is 13.2. The number of hydrogen-bond donors (Lipinski definition) is 2. The normalized spacial score (nSPS) is 29.1. The second-order valence-corrected chi connectivity index (χ2v) is 7.35. The molecule has 2 aliphatic carbocycles. The molecular weight excluding hydrogens is 342 g/mol. The molecule has 0 unspecified atom stereocenters. The standard InChI is InChI=1S/C17H16ClN5O2/c18-11-7-12(21-13-5-6-19-8-20-13)16(25)23-14(11)15(24)22-17(23)9-1-2-10(17)4-3-9/h5-10H,1-4H2,(H,22,24)(H,19,20,21). The summed E-state index contributed by atoms with van der Waals surface area (Å²) in [5, 5.41) is 6.40. The fraction of sp³-hybridized carbons (Fsp3) is 0.412. The first-order valence-corrected chi connectivity index (χ1v) is 8.80. The number of anilines is 2. The van der Waals surface area contributed by atoms with Crippen LogP contribution < -0.4 is 16.2 Å². The summed E-state index contributed by atoms with van der Waals surface area (Å²) in [5.74, 6) is 0.815. The Morgan fingerprint density at radius 2 is 1.96 bits per heavy atom. The monoisotopic (exact) mass is 357 g/mol. The highest BCUT2D eigenvalue weighted by Gasteiger charge is 2.61. The zero-order chi connectivity index (χ0) is 17.2. The van der Waals surface area contributed by atoms with Crippen LogP contribution >= 0.6 is 11.6 Å². The molecule has 3 heterocycles. The molecule has 2 aromatic rings. The lowest BCUT2D eigenvalue weighted by molar-refractivity contribution is 0.0869. The summed E-state index contributed by atoms with van der Waals surface area (Å²) >= 11 is 6.39. The number of fused-ring (bicyclic) bond motifs is 1. The van der Waals surface area contributed by atoms with E-state index in [4.69, 9.17) is 11.6 Å². The molecule has 0 aromatic carbocycles. The first-order valence-electron chi connectivity index (χ1n) is 8.43. The number of pyridine rings is 1. The largest absolute Gasteiger partial charge is 0.336 e. The molecule has 1 aliphatic heterocycles. The summed E-state index contributed by atoms with van der Waals surface area (Å²) in [6.07, 6.45) is 7.09. The average molecular weight is 358 g/mol. The van der Waals surface area contributed by atoms with Crippen LogP contribution in [0.5, 0.6) is 0 Å². The highest BCUT2D eigenvalue weighted by molar-refractivity contribution is 6.34. The predicted molar refractivity (Wildman–Crippen MR) is 91.9 cm³/mol. The number of rotatable bonds is 2. The third kappa shape index (κ3) is 1.87. The van der Waals surface area contributed by atoms with Gasteiger partial charge in [0.1, 0.15) is 29.2 Å². The second kappa shape index (κ2) is 5.05. The number of nitrogens with zero attached hydrogens (tertiary/aromatic N) is 3. The van der Waals surface area contributed by atoms with Gasteiger partial charge in [0.05, 0.1) is 5.02 Å². The molecule has 2 fully saturated rings. The minimum absolute atomic E-state index is 0.241. The third-order valence-corrected chi connectivity index (χ3v) is 6.16. The minimum atomic E-state index is -0.615. The molecular formula is C17H16ClN5O2. The number of amides is 1. The first-order chi connectivity index (χ1) is 12.1. The molecule has 8 heteroatoms. The van der Waals surface area contributed by atoms with E-state index in [9.17, 15) is 9.59 Å². The van der Waals surface area contributed by atoms with Gasteiger partial charge in [0.15, 0.2) is 0 Å². The van der Waals surface area contributed by atoms with E-state index in [-0.39, 0.29) is 34.0 Å². The van der Waals surface area contributed by atoms with Crippen LogP contribution in [0.4, 0.5) is 11.5 Å². The highest BCUT2D eigenvalue weighted by Crippen LogP contribution is 2.56. The highest BCUT2D eigenvalue weighted by atomic mass is 35.5. The Morgan fingerprint density at radius 1 is 1.24 bits per heavy atom. The molecule has 2 saturated carbocycles. The smallest absolute Gasteiger partial charge is 0.276 e. The fourth-order valence-electron chi connectivity index (χ4n) is 4.91. The van der Waals surface area contributed by atoms with Gasteiger partial charge in [-0.25, -0.2) is 9.97 Å². The Kier molecular flexibility index (Phi) is 3.01. The molecule has 0 saturated heterocycles. The number of halogens is 1. The molecule has 2 bridgehead atoms. The van der Waals surface area contributed by atoms with Gasteiger partial charge in [0.2, 0.25) is 0 Å². The molecule has 2 N–H and O–H groups in total. The van der Waals surface area contributed by atoms with E-state index in [1.165, 1.54) is 12.4 Å². The number of nitrogens with one attached hydrogen (secondary N) is 2. The molecule has 7 nitrogen and oxygen atoms in total. The van der Waals surface area contributed by atoms with Gasteiger partial charge >= 0.3 is 0 Å². The van der Waals surface area contributed by atoms with Gasteiger partial charge in [-0.1, -0.05) is 11.6 Å². The topological polar surface area (TPSA) is 88.9 Å². The van der Waals surface area contributed by atoms with Gasteiger partial charge in [0, 0.05) is 18.0 Å². The molecule has 3 aliphatic rings. The quantitative estimate of drug-likeness (QED) is 0.860.